The Morgan fingerprint density at radius 3 is 3.07 bits per heavy atom. The van der Waals surface area contributed by atoms with Crippen molar-refractivity contribution in [1.82, 2.24) is 9.97 Å². The van der Waals surface area contributed by atoms with Crippen LogP contribution in [0.3, 0.4) is 0 Å². The predicted molar refractivity (Wildman–Crippen MR) is 55.5 cm³/mol. The number of carbonyl (C=O) groups excluding carboxylic acids is 1. The van der Waals surface area contributed by atoms with E-state index in [-0.39, 0.29) is 12.6 Å². The van der Waals surface area contributed by atoms with E-state index in [1.165, 1.54) is 6.20 Å². The first kappa shape index (κ1) is 11.3. The Morgan fingerprint density at radius 1 is 1.67 bits per heavy atom. The minimum Gasteiger partial charge on any atom is -0.448 e. The second kappa shape index (κ2) is 5.20. The summed E-state index contributed by atoms with van der Waals surface area (Å²) in [5, 5.41) is 3.15. The molecule has 0 unspecified atom stereocenters. The van der Waals surface area contributed by atoms with Gasteiger partial charge in [0.15, 0.2) is 5.82 Å². The van der Waals surface area contributed by atoms with Gasteiger partial charge in [-0.15, -0.1) is 0 Å². The van der Waals surface area contributed by atoms with Crippen LogP contribution in [-0.4, -0.2) is 29.2 Å². The molecule has 5 N–H and O–H groups in total. The molecule has 1 aromatic heterocycles. The summed E-state index contributed by atoms with van der Waals surface area (Å²) in [5.74, 6) is 0.495. The molecular weight excluding hydrogens is 222 g/mol. The highest BCUT2D eigenvalue weighted by molar-refractivity contribution is 6.32. The van der Waals surface area contributed by atoms with E-state index in [0.29, 0.717) is 17.4 Å². The SMILES string of the molecule is NC(=O)OCCNc1nc(N)ncc1Cl. The smallest absolute Gasteiger partial charge is 0.404 e. The lowest BCUT2D eigenvalue weighted by atomic mass is 10.5. The van der Waals surface area contributed by atoms with Crippen molar-refractivity contribution < 1.29 is 9.53 Å². The van der Waals surface area contributed by atoms with Gasteiger partial charge in [0.05, 0.1) is 12.7 Å². The highest BCUT2D eigenvalue weighted by Gasteiger charge is 2.02. The normalized spacial score (nSPS) is 9.67. The number of nitrogens with two attached hydrogens (primary N) is 2. The highest BCUT2D eigenvalue weighted by Crippen LogP contribution is 2.17. The number of halogens is 1. The molecule has 1 aromatic rings. The van der Waals surface area contributed by atoms with Crippen LogP contribution >= 0.6 is 11.6 Å². The number of amides is 1. The number of nitrogen functional groups attached to an aromatic ring is 1. The van der Waals surface area contributed by atoms with Crippen molar-refractivity contribution in [3.05, 3.63) is 11.2 Å². The first-order chi connectivity index (χ1) is 7.09. The van der Waals surface area contributed by atoms with E-state index in [0.717, 1.165) is 0 Å². The zero-order valence-corrected chi connectivity index (χ0v) is 8.49. The number of hydrogen-bond donors (Lipinski definition) is 3. The van der Waals surface area contributed by atoms with Crippen LogP contribution in [0.15, 0.2) is 6.20 Å². The zero-order chi connectivity index (χ0) is 11.3. The molecule has 0 aliphatic carbocycles. The van der Waals surface area contributed by atoms with E-state index in [4.69, 9.17) is 23.1 Å². The zero-order valence-electron chi connectivity index (χ0n) is 7.74. The number of rotatable bonds is 4. The van der Waals surface area contributed by atoms with Crippen molar-refractivity contribution in [2.75, 3.05) is 24.2 Å². The van der Waals surface area contributed by atoms with Crippen LogP contribution in [0.2, 0.25) is 5.02 Å². The van der Waals surface area contributed by atoms with Gasteiger partial charge in [-0.3, -0.25) is 0 Å². The summed E-state index contributed by atoms with van der Waals surface area (Å²) in [4.78, 5) is 17.8. The number of anilines is 2. The van der Waals surface area contributed by atoms with Crippen molar-refractivity contribution in [1.29, 1.82) is 0 Å². The molecule has 0 saturated heterocycles. The molecule has 0 fully saturated rings. The average Bonchev–Trinajstić information content (AvgIpc) is 2.17. The van der Waals surface area contributed by atoms with Crippen LogP contribution < -0.4 is 16.8 Å². The second-order valence-electron chi connectivity index (χ2n) is 2.52. The van der Waals surface area contributed by atoms with E-state index in [9.17, 15) is 4.79 Å². The van der Waals surface area contributed by atoms with Gasteiger partial charge in [-0.1, -0.05) is 11.6 Å². The van der Waals surface area contributed by atoms with Crippen LogP contribution in [0.4, 0.5) is 16.6 Å². The second-order valence-corrected chi connectivity index (χ2v) is 2.93. The molecule has 1 rings (SSSR count). The summed E-state index contributed by atoms with van der Waals surface area (Å²) in [6.07, 6.45) is 0.548. The lowest BCUT2D eigenvalue weighted by molar-refractivity contribution is 0.161. The number of primary amides is 1. The minimum atomic E-state index is -0.829. The van der Waals surface area contributed by atoms with Gasteiger partial charge < -0.3 is 21.5 Å². The number of nitrogens with one attached hydrogen (secondary N) is 1. The number of carbonyl (C=O) groups is 1. The molecule has 0 aliphatic heterocycles. The maximum absolute atomic E-state index is 10.2. The average molecular weight is 232 g/mol. The Bertz CT molecular complexity index is 359. The maximum Gasteiger partial charge on any atom is 0.404 e. The highest BCUT2D eigenvalue weighted by atomic mass is 35.5. The topological polar surface area (TPSA) is 116 Å². The van der Waals surface area contributed by atoms with Crippen molar-refractivity contribution >= 4 is 29.5 Å². The molecule has 0 radical (unpaired) electrons. The number of ether oxygens (including phenoxy) is 1. The van der Waals surface area contributed by atoms with Crippen molar-refractivity contribution in [3.8, 4) is 0 Å². The molecule has 0 aliphatic rings. The van der Waals surface area contributed by atoms with Gasteiger partial charge in [0.2, 0.25) is 5.95 Å². The lowest BCUT2D eigenvalue weighted by Crippen LogP contribution is -2.19. The quantitative estimate of drug-likeness (QED) is 0.639. The standard InChI is InChI=1S/C7H10ClN5O2/c8-4-3-12-6(9)13-5(4)11-1-2-15-7(10)14/h3H,1-2H2,(H2,10,14)(H3,9,11,12,13). The molecule has 8 heteroatoms. The Morgan fingerprint density at radius 2 is 2.40 bits per heavy atom. The lowest BCUT2D eigenvalue weighted by Gasteiger charge is -2.06. The Balaban J connectivity index is 2.43. The van der Waals surface area contributed by atoms with Gasteiger partial charge in [-0.05, 0) is 0 Å². The molecule has 82 valence electrons. The molecule has 7 nitrogen and oxygen atoms in total. The van der Waals surface area contributed by atoms with Crippen LogP contribution in [0, 0.1) is 0 Å². The summed E-state index contributed by atoms with van der Waals surface area (Å²) >= 11 is 5.76. The fraction of sp³-hybridized carbons (Fsp3) is 0.286. The van der Waals surface area contributed by atoms with E-state index in [1.807, 2.05) is 0 Å². The van der Waals surface area contributed by atoms with E-state index in [1.54, 1.807) is 0 Å². The van der Waals surface area contributed by atoms with E-state index < -0.39 is 6.09 Å². The van der Waals surface area contributed by atoms with Crippen LogP contribution in [0.25, 0.3) is 0 Å². The molecule has 0 aromatic carbocycles. The summed E-state index contributed by atoms with van der Waals surface area (Å²) in [7, 11) is 0. The number of hydrogen-bond acceptors (Lipinski definition) is 6. The molecule has 0 bridgehead atoms. The first-order valence-electron chi connectivity index (χ1n) is 4.03. The summed E-state index contributed by atoms with van der Waals surface area (Å²) in [6.45, 7) is 0.453. The third-order valence-electron chi connectivity index (χ3n) is 1.40. The van der Waals surface area contributed by atoms with Crippen LogP contribution in [0.5, 0.6) is 0 Å². The van der Waals surface area contributed by atoms with Crippen molar-refractivity contribution in [2.45, 2.75) is 0 Å². The molecule has 1 amide bonds. The van der Waals surface area contributed by atoms with E-state index >= 15 is 0 Å². The largest absolute Gasteiger partial charge is 0.448 e. The molecule has 0 saturated carbocycles. The third kappa shape index (κ3) is 3.86. The Labute approximate surface area is 90.8 Å². The monoisotopic (exact) mass is 231 g/mol. The number of aromatic nitrogens is 2. The maximum atomic E-state index is 10.2. The van der Waals surface area contributed by atoms with Crippen molar-refractivity contribution in [2.24, 2.45) is 5.73 Å². The fourth-order valence-electron chi connectivity index (χ4n) is 0.826. The fourth-order valence-corrected chi connectivity index (χ4v) is 0.984. The van der Waals surface area contributed by atoms with Gasteiger partial charge in [0, 0.05) is 0 Å². The molecule has 0 spiro atoms. The first-order valence-corrected chi connectivity index (χ1v) is 4.41. The third-order valence-corrected chi connectivity index (χ3v) is 1.68. The Kier molecular flexibility index (Phi) is 3.92. The predicted octanol–water partition coefficient (Wildman–Crippen LogP) is 0.219. The molecular formula is C7H10ClN5O2. The van der Waals surface area contributed by atoms with E-state index in [2.05, 4.69) is 20.0 Å². The van der Waals surface area contributed by atoms with Crippen LogP contribution in [-0.2, 0) is 4.74 Å². The van der Waals surface area contributed by atoms with Gasteiger partial charge in [-0.2, -0.15) is 4.98 Å². The molecule has 0 atom stereocenters. The van der Waals surface area contributed by atoms with Gasteiger partial charge in [0.25, 0.3) is 0 Å². The van der Waals surface area contributed by atoms with Gasteiger partial charge in [-0.25, -0.2) is 9.78 Å². The Hall–Kier alpha value is -1.76. The summed E-state index contributed by atoms with van der Waals surface area (Å²) < 4.78 is 4.49. The number of nitrogens with zero attached hydrogens (tertiary/aromatic N) is 2. The summed E-state index contributed by atoms with van der Waals surface area (Å²) in [6, 6.07) is 0. The van der Waals surface area contributed by atoms with Crippen molar-refractivity contribution in [3.63, 3.8) is 0 Å². The van der Waals surface area contributed by atoms with Gasteiger partial charge >= 0.3 is 6.09 Å². The molecule has 15 heavy (non-hydrogen) atoms. The van der Waals surface area contributed by atoms with Crippen LogP contribution in [0.1, 0.15) is 0 Å². The van der Waals surface area contributed by atoms with Gasteiger partial charge in [0.1, 0.15) is 11.6 Å². The minimum absolute atomic E-state index is 0.109. The molecule has 1 heterocycles. The summed E-state index contributed by atoms with van der Waals surface area (Å²) in [5.41, 5.74) is 10.1.